The monoisotopic (exact) mass is 1200 g/mol. The van der Waals surface area contributed by atoms with Gasteiger partial charge in [0.1, 0.15) is 90.9 Å². The maximum atomic E-state index is 15.4. The molecule has 0 bridgehead atoms. The molecule has 0 aromatic rings. The highest BCUT2D eigenvalue weighted by Gasteiger charge is 2.72. The summed E-state index contributed by atoms with van der Waals surface area (Å²) >= 11 is 0. The van der Waals surface area contributed by atoms with E-state index in [0.717, 1.165) is 25.5 Å². The molecule has 10 rings (SSSR count). The summed E-state index contributed by atoms with van der Waals surface area (Å²) in [7, 11) is 1.11. The first kappa shape index (κ1) is 64.8. The highest BCUT2D eigenvalue weighted by Crippen LogP contribution is 2.76. The summed E-state index contributed by atoms with van der Waals surface area (Å²) in [4.78, 5) is 28.5. The Morgan fingerprint density at radius 2 is 1.11 bits per heavy atom. The SMILES string of the molecule is COC(=O)C1OC(OC2CCC3(C)C(CCC4(C)C3CC=C3C5CC(C)(C)CCC5(C(=O)OC5OCC(O)C(O)C5OC5OC(C)C(OC6OCC(O)C(O)C6O)C(O)C5O)C(O)CC34C)C2(C)C)C(O)C(OC2OCC(O)C(O)C2O)C1O. The van der Waals surface area contributed by atoms with Crippen molar-refractivity contribution in [2.24, 2.45) is 50.2 Å². The third kappa shape index (κ3) is 10.6. The Labute approximate surface area is 488 Å². The summed E-state index contributed by atoms with van der Waals surface area (Å²) in [6.07, 6.45) is -30.3. The van der Waals surface area contributed by atoms with E-state index in [9.17, 15) is 71.2 Å². The predicted octanol–water partition coefficient (Wildman–Crippen LogP) is -2.11. The Morgan fingerprint density at radius 3 is 1.73 bits per heavy atom. The van der Waals surface area contributed by atoms with Crippen LogP contribution in [0.4, 0.5) is 0 Å². The van der Waals surface area contributed by atoms with E-state index in [-0.39, 0.29) is 42.1 Å². The molecule has 26 nitrogen and oxygen atoms in total. The van der Waals surface area contributed by atoms with Gasteiger partial charge in [0.25, 0.3) is 0 Å². The van der Waals surface area contributed by atoms with Crippen LogP contribution in [0.2, 0.25) is 0 Å². The minimum absolute atomic E-state index is 0.0296. The first-order valence-corrected chi connectivity index (χ1v) is 29.9. The van der Waals surface area contributed by atoms with Crippen LogP contribution in [-0.4, -0.2) is 253 Å². The number of fused-ring (bicyclic) bond motifs is 7. The number of aliphatic hydroxyl groups is 13. The Bertz CT molecular complexity index is 2400. The second-order valence-electron chi connectivity index (χ2n) is 28.0. The summed E-state index contributed by atoms with van der Waals surface area (Å²) in [5, 5.41) is 143. The zero-order valence-corrected chi connectivity index (χ0v) is 49.3. The van der Waals surface area contributed by atoms with E-state index < -0.39 is 200 Å². The lowest BCUT2D eigenvalue weighted by Gasteiger charge is -2.71. The zero-order valence-electron chi connectivity index (χ0n) is 49.3. The van der Waals surface area contributed by atoms with Gasteiger partial charge >= 0.3 is 11.9 Å². The number of esters is 2. The molecule has 13 N–H and O–H groups in total. The van der Waals surface area contributed by atoms with Crippen molar-refractivity contribution in [2.75, 3.05) is 26.9 Å². The Morgan fingerprint density at radius 1 is 0.548 bits per heavy atom. The van der Waals surface area contributed by atoms with Gasteiger partial charge in [0, 0.05) is 0 Å². The van der Waals surface area contributed by atoms with Gasteiger partial charge in [0.15, 0.2) is 37.4 Å². The number of ether oxygens (including phenoxy) is 11. The second kappa shape index (κ2) is 23.6. The van der Waals surface area contributed by atoms with Gasteiger partial charge in [-0.3, -0.25) is 4.79 Å². The van der Waals surface area contributed by atoms with Crippen molar-refractivity contribution in [3.63, 3.8) is 0 Å². The van der Waals surface area contributed by atoms with E-state index in [0.29, 0.717) is 32.1 Å². The number of allylic oxidation sites excluding steroid dienone is 2. The molecule has 9 fully saturated rings. The second-order valence-corrected chi connectivity index (χ2v) is 28.0. The maximum Gasteiger partial charge on any atom is 0.337 e. The van der Waals surface area contributed by atoms with Gasteiger partial charge in [0.05, 0.1) is 45.2 Å². The largest absolute Gasteiger partial charge is 0.467 e. The molecule has 0 radical (unpaired) electrons. The quantitative estimate of drug-likeness (QED) is 0.0598. The summed E-state index contributed by atoms with van der Waals surface area (Å²) < 4.78 is 64.2. The molecule has 0 aromatic heterocycles. The van der Waals surface area contributed by atoms with E-state index in [2.05, 4.69) is 54.5 Å². The van der Waals surface area contributed by atoms with Crippen LogP contribution in [0.25, 0.3) is 0 Å². The molecule has 5 aliphatic carbocycles. The van der Waals surface area contributed by atoms with Crippen molar-refractivity contribution in [3.05, 3.63) is 11.6 Å². The Balaban J connectivity index is 0.868. The zero-order chi connectivity index (χ0) is 61.3. The van der Waals surface area contributed by atoms with Crippen LogP contribution in [-0.2, 0) is 61.7 Å². The fraction of sp³-hybridized carbons (Fsp3) is 0.931. The third-order valence-electron chi connectivity index (χ3n) is 22.5. The summed E-state index contributed by atoms with van der Waals surface area (Å²) in [6, 6.07) is 0. The number of rotatable bonds is 11. The molecule has 31 unspecified atom stereocenters. The predicted molar refractivity (Wildman–Crippen MR) is 282 cm³/mol. The van der Waals surface area contributed by atoms with Crippen LogP contribution >= 0.6 is 0 Å². The van der Waals surface area contributed by atoms with Crippen molar-refractivity contribution < 1.29 is 128 Å². The van der Waals surface area contributed by atoms with Crippen LogP contribution in [0, 0.1) is 50.2 Å². The molecule has 5 heterocycles. The van der Waals surface area contributed by atoms with Gasteiger partial charge in [-0.05, 0) is 110 Å². The van der Waals surface area contributed by atoms with E-state index >= 15 is 4.79 Å². The summed E-state index contributed by atoms with van der Waals surface area (Å²) in [5.74, 6) is -2.17. The van der Waals surface area contributed by atoms with Gasteiger partial charge in [-0.1, -0.05) is 60.1 Å². The molecular formula is C58H92O26. The molecule has 0 amide bonds. The minimum atomic E-state index is -1.89. The van der Waals surface area contributed by atoms with Crippen LogP contribution in [0.1, 0.15) is 113 Å². The smallest absolute Gasteiger partial charge is 0.337 e. The molecular weight excluding hydrogens is 1110 g/mol. The molecule has 5 aliphatic heterocycles. The fourth-order valence-corrected chi connectivity index (χ4v) is 17.3. The molecule has 26 heteroatoms. The van der Waals surface area contributed by atoms with Gasteiger partial charge in [-0.25, -0.2) is 4.79 Å². The minimum Gasteiger partial charge on any atom is -0.467 e. The number of hydrogen-bond donors (Lipinski definition) is 13. The van der Waals surface area contributed by atoms with E-state index in [4.69, 9.17) is 52.1 Å². The maximum absolute atomic E-state index is 15.4. The van der Waals surface area contributed by atoms with E-state index in [1.54, 1.807) is 0 Å². The van der Waals surface area contributed by atoms with Crippen molar-refractivity contribution in [1.82, 2.24) is 0 Å². The number of carbonyl (C=O) groups excluding carboxylic acids is 2. The van der Waals surface area contributed by atoms with Gasteiger partial charge < -0.3 is 118 Å². The van der Waals surface area contributed by atoms with Crippen molar-refractivity contribution in [3.8, 4) is 0 Å². The first-order chi connectivity index (χ1) is 39.3. The molecule has 5 saturated heterocycles. The molecule has 84 heavy (non-hydrogen) atoms. The molecule has 4 saturated carbocycles. The molecule has 31 atom stereocenters. The molecule has 480 valence electrons. The molecule has 0 spiro atoms. The molecule has 0 aromatic carbocycles. The van der Waals surface area contributed by atoms with Crippen LogP contribution in [0.3, 0.4) is 0 Å². The fourth-order valence-electron chi connectivity index (χ4n) is 17.3. The highest BCUT2D eigenvalue weighted by molar-refractivity contribution is 5.80. The number of hydrogen-bond acceptors (Lipinski definition) is 26. The highest BCUT2D eigenvalue weighted by atomic mass is 16.8. The average molecular weight is 1210 g/mol. The Kier molecular flexibility index (Phi) is 18.2. The Hall–Kier alpha value is -2.20. The number of methoxy groups -OCH3 is 1. The first-order valence-electron chi connectivity index (χ1n) is 29.9. The van der Waals surface area contributed by atoms with Crippen LogP contribution in [0.15, 0.2) is 11.6 Å². The average Bonchev–Trinajstić information content (AvgIpc) is 0.709. The lowest BCUT2D eigenvalue weighted by atomic mass is 9.33. The van der Waals surface area contributed by atoms with E-state index in [1.165, 1.54) is 6.92 Å². The standard InChI is InChI=1S/C58H92O26/c1-23-42(80-47-37(67)33(63)26(59)20-75-47)36(66)39(69)49(78-23)83-45-35(65)28(61)22-77-51(45)84-52(73)58-17-16-53(2,3)18-25(58)24-10-11-30-55(6)14-13-32(54(4,5)29(55)12-15-56(30,7)57(24,8)19-31(58)62)79-50-41(71)43(40(70)44(82-50)46(72)74-9)81-48-38(68)34(64)27(60)21-76-48/h10,23,25-45,47-51,59-71H,11-22H2,1-9H3. The summed E-state index contributed by atoms with van der Waals surface area (Å²) in [5.41, 5.74) is -2.65. The van der Waals surface area contributed by atoms with Crippen molar-refractivity contribution in [2.45, 2.75) is 261 Å². The van der Waals surface area contributed by atoms with Crippen LogP contribution in [0.5, 0.6) is 0 Å². The van der Waals surface area contributed by atoms with Gasteiger partial charge in [0.2, 0.25) is 6.29 Å². The molecule has 10 aliphatic rings. The van der Waals surface area contributed by atoms with Crippen LogP contribution < -0.4 is 0 Å². The lowest BCUT2D eigenvalue weighted by Crippen LogP contribution is -2.68. The topological polar surface area (TPSA) is 399 Å². The van der Waals surface area contributed by atoms with Crippen molar-refractivity contribution in [1.29, 1.82) is 0 Å². The lowest BCUT2D eigenvalue weighted by molar-refractivity contribution is -0.369. The summed E-state index contributed by atoms with van der Waals surface area (Å²) in [6.45, 7) is 15.5. The number of carbonyl (C=O) groups is 2. The third-order valence-corrected chi connectivity index (χ3v) is 22.5. The van der Waals surface area contributed by atoms with E-state index in [1.807, 2.05) is 0 Å². The van der Waals surface area contributed by atoms with Crippen molar-refractivity contribution >= 4 is 11.9 Å². The van der Waals surface area contributed by atoms with Gasteiger partial charge in [-0.15, -0.1) is 0 Å². The van der Waals surface area contributed by atoms with Gasteiger partial charge in [-0.2, -0.15) is 0 Å². The normalized spacial score (nSPS) is 53.6. The number of aliphatic hydroxyl groups excluding tert-OH is 13.